The van der Waals surface area contributed by atoms with Crippen LogP contribution in [0.5, 0.6) is 11.5 Å². The van der Waals surface area contributed by atoms with Gasteiger partial charge >= 0.3 is 10.1 Å². The topological polar surface area (TPSA) is 52.6 Å². The van der Waals surface area contributed by atoms with E-state index in [1.807, 2.05) is 12.1 Å². The third-order valence-corrected chi connectivity index (χ3v) is 5.17. The van der Waals surface area contributed by atoms with Gasteiger partial charge in [-0.3, -0.25) is 0 Å². The first kappa shape index (κ1) is 14.9. The van der Waals surface area contributed by atoms with Crippen LogP contribution in [0.4, 0.5) is 0 Å². The molecule has 4 nitrogen and oxygen atoms in total. The SMILES string of the molecule is COc1ccc(S(=O)(=O)Oc2ccc3c(c2)CCC3)cc1C. The number of aryl methyl sites for hydroxylation is 3. The molecule has 0 spiro atoms. The van der Waals surface area contributed by atoms with Crippen molar-refractivity contribution in [2.75, 3.05) is 7.11 Å². The van der Waals surface area contributed by atoms with Gasteiger partial charge in [0.2, 0.25) is 0 Å². The fourth-order valence-corrected chi connectivity index (χ4v) is 3.79. The van der Waals surface area contributed by atoms with E-state index in [0.717, 1.165) is 24.8 Å². The summed E-state index contributed by atoms with van der Waals surface area (Å²) in [6, 6.07) is 10.2. The van der Waals surface area contributed by atoms with Crippen molar-refractivity contribution in [1.82, 2.24) is 0 Å². The second-order valence-electron chi connectivity index (χ2n) is 5.45. The van der Waals surface area contributed by atoms with Gasteiger partial charge in [0, 0.05) is 0 Å². The van der Waals surface area contributed by atoms with Crippen molar-refractivity contribution in [3.05, 3.63) is 53.1 Å². The molecule has 22 heavy (non-hydrogen) atoms. The lowest BCUT2D eigenvalue weighted by molar-refractivity contribution is 0.411. The number of ether oxygens (including phenoxy) is 1. The van der Waals surface area contributed by atoms with Crippen molar-refractivity contribution < 1.29 is 17.3 Å². The lowest BCUT2D eigenvalue weighted by atomic mass is 10.1. The van der Waals surface area contributed by atoms with Gasteiger partial charge in [0.15, 0.2) is 0 Å². The maximum Gasteiger partial charge on any atom is 0.339 e. The maximum absolute atomic E-state index is 12.4. The predicted octanol–water partition coefficient (Wildman–Crippen LogP) is 3.26. The van der Waals surface area contributed by atoms with E-state index in [2.05, 4.69) is 0 Å². The molecule has 1 aliphatic rings. The Bertz CT molecular complexity index is 809. The Morgan fingerprint density at radius 2 is 1.77 bits per heavy atom. The third-order valence-electron chi connectivity index (χ3n) is 3.93. The highest BCUT2D eigenvalue weighted by Crippen LogP contribution is 2.28. The molecule has 2 aromatic carbocycles. The minimum absolute atomic E-state index is 0.131. The highest BCUT2D eigenvalue weighted by molar-refractivity contribution is 7.87. The van der Waals surface area contributed by atoms with E-state index in [1.165, 1.54) is 17.2 Å². The Hall–Kier alpha value is -2.01. The first-order valence-electron chi connectivity index (χ1n) is 7.20. The number of fused-ring (bicyclic) bond motifs is 1. The van der Waals surface area contributed by atoms with Crippen molar-refractivity contribution in [3.63, 3.8) is 0 Å². The van der Waals surface area contributed by atoms with Crippen LogP contribution < -0.4 is 8.92 Å². The first-order chi connectivity index (χ1) is 10.5. The quantitative estimate of drug-likeness (QED) is 0.812. The van der Waals surface area contributed by atoms with Crippen LogP contribution in [0.2, 0.25) is 0 Å². The maximum atomic E-state index is 12.4. The molecule has 0 aliphatic heterocycles. The molecule has 0 N–H and O–H groups in total. The Balaban J connectivity index is 1.89. The molecule has 0 bridgehead atoms. The molecule has 1 aliphatic carbocycles. The van der Waals surface area contributed by atoms with Crippen LogP contribution in [0.25, 0.3) is 0 Å². The van der Waals surface area contributed by atoms with Crippen LogP contribution in [0.3, 0.4) is 0 Å². The average Bonchev–Trinajstić information content (AvgIpc) is 2.94. The summed E-state index contributed by atoms with van der Waals surface area (Å²) in [5.74, 6) is 1.02. The van der Waals surface area contributed by atoms with Gasteiger partial charge in [-0.2, -0.15) is 8.42 Å². The first-order valence-corrected chi connectivity index (χ1v) is 8.61. The lowest BCUT2D eigenvalue weighted by Crippen LogP contribution is -2.10. The fourth-order valence-electron chi connectivity index (χ4n) is 2.78. The van der Waals surface area contributed by atoms with Gasteiger partial charge < -0.3 is 8.92 Å². The second-order valence-corrected chi connectivity index (χ2v) is 7.00. The molecule has 3 rings (SSSR count). The summed E-state index contributed by atoms with van der Waals surface area (Å²) in [5, 5.41) is 0. The summed E-state index contributed by atoms with van der Waals surface area (Å²) >= 11 is 0. The Morgan fingerprint density at radius 1 is 1.00 bits per heavy atom. The monoisotopic (exact) mass is 318 g/mol. The summed E-state index contributed by atoms with van der Waals surface area (Å²) in [6.45, 7) is 1.80. The van der Waals surface area contributed by atoms with E-state index in [1.54, 1.807) is 32.2 Å². The minimum Gasteiger partial charge on any atom is -0.496 e. The molecule has 0 radical (unpaired) electrons. The number of methoxy groups -OCH3 is 1. The van der Waals surface area contributed by atoms with Gasteiger partial charge in [-0.25, -0.2) is 0 Å². The van der Waals surface area contributed by atoms with Crippen LogP contribution in [0.1, 0.15) is 23.1 Å². The zero-order valence-corrected chi connectivity index (χ0v) is 13.4. The van der Waals surface area contributed by atoms with Crippen LogP contribution in [-0.4, -0.2) is 15.5 Å². The van der Waals surface area contributed by atoms with E-state index in [9.17, 15) is 8.42 Å². The molecule has 0 heterocycles. The molecule has 0 fully saturated rings. The fraction of sp³-hybridized carbons (Fsp3) is 0.294. The molecule has 0 unspecified atom stereocenters. The molecule has 0 atom stereocenters. The lowest BCUT2D eigenvalue weighted by Gasteiger charge is -2.10. The van der Waals surface area contributed by atoms with Crippen molar-refractivity contribution in [2.24, 2.45) is 0 Å². The van der Waals surface area contributed by atoms with E-state index < -0.39 is 10.1 Å². The van der Waals surface area contributed by atoms with Crippen LogP contribution >= 0.6 is 0 Å². The molecule has 0 saturated carbocycles. The zero-order chi connectivity index (χ0) is 15.7. The smallest absolute Gasteiger partial charge is 0.339 e. The Morgan fingerprint density at radius 3 is 2.50 bits per heavy atom. The molecule has 2 aromatic rings. The number of hydrogen-bond donors (Lipinski definition) is 0. The molecule has 0 aromatic heterocycles. The zero-order valence-electron chi connectivity index (χ0n) is 12.6. The normalized spacial score (nSPS) is 13.7. The molecule has 5 heteroatoms. The second kappa shape index (κ2) is 5.65. The summed E-state index contributed by atoms with van der Waals surface area (Å²) in [4.78, 5) is 0.131. The number of rotatable bonds is 4. The van der Waals surface area contributed by atoms with Gasteiger partial charge in [-0.1, -0.05) is 6.07 Å². The summed E-state index contributed by atoms with van der Waals surface area (Å²) in [5.41, 5.74) is 3.21. The predicted molar refractivity (Wildman–Crippen MR) is 84.0 cm³/mol. The molecular formula is C17H18O4S. The average molecular weight is 318 g/mol. The molecule has 0 amide bonds. The summed E-state index contributed by atoms with van der Waals surface area (Å²) in [7, 11) is -2.28. The van der Waals surface area contributed by atoms with E-state index in [0.29, 0.717) is 11.5 Å². The van der Waals surface area contributed by atoms with Crippen LogP contribution in [-0.2, 0) is 23.0 Å². The van der Waals surface area contributed by atoms with Gasteiger partial charge in [0.05, 0.1) is 7.11 Å². The third kappa shape index (κ3) is 2.81. The van der Waals surface area contributed by atoms with E-state index in [-0.39, 0.29) is 4.90 Å². The van der Waals surface area contributed by atoms with Crippen LogP contribution in [0, 0.1) is 6.92 Å². The number of hydrogen-bond acceptors (Lipinski definition) is 4. The van der Waals surface area contributed by atoms with Crippen LogP contribution in [0.15, 0.2) is 41.3 Å². The van der Waals surface area contributed by atoms with Gasteiger partial charge in [0.1, 0.15) is 16.4 Å². The summed E-state index contributed by atoms with van der Waals surface area (Å²) < 4.78 is 35.2. The number of benzene rings is 2. The Labute approximate surface area is 130 Å². The van der Waals surface area contributed by atoms with Gasteiger partial charge in [-0.05, 0) is 73.2 Å². The van der Waals surface area contributed by atoms with E-state index >= 15 is 0 Å². The van der Waals surface area contributed by atoms with Crippen molar-refractivity contribution in [2.45, 2.75) is 31.1 Å². The van der Waals surface area contributed by atoms with Crippen molar-refractivity contribution in [3.8, 4) is 11.5 Å². The minimum atomic E-state index is -3.83. The van der Waals surface area contributed by atoms with Crippen molar-refractivity contribution in [1.29, 1.82) is 0 Å². The largest absolute Gasteiger partial charge is 0.496 e. The highest BCUT2D eigenvalue weighted by Gasteiger charge is 2.19. The molecule has 0 saturated heterocycles. The summed E-state index contributed by atoms with van der Waals surface area (Å²) in [6.07, 6.45) is 3.15. The molecule has 116 valence electrons. The van der Waals surface area contributed by atoms with Gasteiger partial charge in [0.25, 0.3) is 0 Å². The molecular weight excluding hydrogens is 300 g/mol. The highest BCUT2D eigenvalue weighted by atomic mass is 32.2. The standard InChI is InChI=1S/C17H18O4S/c1-12-10-16(8-9-17(12)20-2)22(18,19)21-15-7-6-13-4-3-5-14(13)11-15/h6-11H,3-5H2,1-2H3. The van der Waals surface area contributed by atoms with Gasteiger partial charge in [-0.15, -0.1) is 0 Å². The van der Waals surface area contributed by atoms with E-state index in [4.69, 9.17) is 8.92 Å². The van der Waals surface area contributed by atoms with Crippen molar-refractivity contribution >= 4 is 10.1 Å². The Kier molecular flexibility index (Phi) is 3.83.